The lowest BCUT2D eigenvalue weighted by molar-refractivity contribution is 0.494. The molecule has 2 atom stereocenters. The molecule has 0 aliphatic carbocycles. The molecule has 2 unspecified atom stereocenters. The molecule has 1 aromatic heterocycles. The first-order valence-electron chi connectivity index (χ1n) is 8.09. The van der Waals surface area contributed by atoms with E-state index in [9.17, 15) is 0 Å². The highest BCUT2D eigenvalue weighted by Crippen LogP contribution is 2.27. The summed E-state index contributed by atoms with van der Waals surface area (Å²) in [7, 11) is 0. The van der Waals surface area contributed by atoms with E-state index >= 15 is 0 Å². The average molecular weight is 275 g/mol. The minimum Gasteiger partial charge on any atom is -0.356 e. The maximum absolute atomic E-state index is 4.83. The Morgan fingerprint density at radius 3 is 2.50 bits per heavy atom. The summed E-state index contributed by atoms with van der Waals surface area (Å²) in [6.07, 6.45) is 2.19. The summed E-state index contributed by atoms with van der Waals surface area (Å²) in [4.78, 5) is 7.29. The molecule has 0 spiro atoms. The molecule has 0 saturated carbocycles. The van der Waals surface area contributed by atoms with Crippen molar-refractivity contribution in [1.82, 2.24) is 10.3 Å². The van der Waals surface area contributed by atoms with Gasteiger partial charge in [-0.05, 0) is 48.9 Å². The van der Waals surface area contributed by atoms with Gasteiger partial charge in [-0.2, -0.15) is 0 Å². The summed E-state index contributed by atoms with van der Waals surface area (Å²) in [5.41, 5.74) is 2.58. The Labute approximate surface area is 123 Å². The maximum Gasteiger partial charge on any atom is 0.129 e. The first-order chi connectivity index (χ1) is 9.63. The molecule has 0 radical (unpaired) electrons. The van der Waals surface area contributed by atoms with Crippen molar-refractivity contribution in [2.75, 3.05) is 24.5 Å². The number of nitrogens with zero attached hydrogens (tertiary/aromatic N) is 2. The highest BCUT2D eigenvalue weighted by atomic mass is 15.2. The molecule has 112 valence electrons. The lowest BCUT2D eigenvalue weighted by Crippen LogP contribution is -2.22. The van der Waals surface area contributed by atoms with E-state index in [1.165, 1.54) is 23.5 Å². The number of nitrogens with one attached hydrogen (secondary N) is 1. The van der Waals surface area contributed by atoms with Crippen LogP contribution in [0.3, 0.4) is 0 Å². The molecule has 1 fully saturated rings. The van der Waals surface area contributed by atoms with Gasteiger partial charge >= 0.3 is 0 Å². The molecule has 0 aromatic carbocycles. The molecule has 3 nitrogen and oxygen atoms in total. The van der Waals surface area contributed by atoms with Crippen molar-refractivity contribution in [3.8, 4) is 0 Å². The van der Waals surface area contributed by atoms with Gasteiger partial charge in [-0.3, -0.25) is 0 Å². The van der Waals surface area contributed by atoms with Crippen molar-refractivity contribution in [1.29, 1.82) is 0 Å². The minimum absolute atomic E-state index is 0.767. The van der Waals surface area contributed by atoms with Gasteiger partial charge in [-0.25, -0.2) is 4.98 Å². The summed E-state index contributed by atoms with van der Waals surface area (Å²) in [5.74, 6) is 2.71. The first kappa shape index (κ1) is 15.3. The van der Waals surface area contributed by atoms with E-state index in [1.807, 2.05) is 0 Å². The second-order valence-corrected chi connectivity index (χ2v) is 6.21. The van der Waals surface area contributed by atoms with E-state index in [0.717, 1.165) is 44.4 Å². The van der Waals surface area contributed by atoms with E-state index in [0.29, 0.717) is 0 Å². The Kier molecular flexibility index (Phi) is 5.41. The third kappa shape index (κ3) is 3.72. The number of aromatic nitrogens is 1. The molecule has 3 heteroatoms. The minimum atomic E-state index is 0.767. The van der Waals surface area contributed by atoms with Crippen LogP contribution in [-0.4, -0.2) is 24.6 Å². The van der Waals surface area contributed by atoms with Gasteiger partial charge in [-0.15, -0.1) is 0 Å². The molecule has 1 saturated heterocycles. The molecule has 20 heavy (non-hydrogen) atoms. The van der Waals surface area contributed by atoms with Crippen LogP contribution in [-0.2, 0) is 13.0 Å². The number of rotatable bonds is 6. The monoisotopic (exact) mass is 275 g/mol. The predicted octanol–water partition coefficient (Wildman–Crippen LogP) is 3.24. The normalized spacial score (nSPS) is 22.5. The van der Waals surface area contributed by atoms with E-state index in [2.05, 4.69) is 50.0 Å². The fraction of sp³-hybridized carbons (Fsp3) is 0.706. The summed E-state index contributed by atoms with van der Waals surface area (Å²) in [5, 5.41) is 3.49. The van der Waals surface area contributed by atoms with Gasteiger partial charge in [-0.1, -0.05) is 27.7 Å². The van der Waals surface area contributed by atoms with Crippen molar-refractivity contribution in [2.24, 2.45) is 11.8 Å². The molecule has 1 aliphatic heterocycles. The van der Waals surface area contributed by atoms with E-state index in [1.54, 1.807) is 0 Å². The molecule has 0 bridgehead atoms. The fourth-order valence-corrected chi connectivity index (χ4v) is 2.80. The van der Waals surface area contributed by atoms with Crippen LogP contribution in [0.5, 0.6) is 0 Å². The number of anilines is 1. The lowest BCUT2D eigenvalue weighted by atomic mass is 10.0. The molecule has 2 heterocycles. The largest absolute Gasteiger partial charge is 0.356 e. The standard InChI is InChI=1S/C17H29N3/c1-5-7-18-10-15-8-16(6-2)19-17(9-15)20-11-13(3)14(4)12-20/h8-9,13-14,18H,5-7,10-12H2,1-4H3. The summed E-state index contributed by atoms with van der Waals surface area (Å²) < 4.78 is 0. The lowest BCUT2D eigenvalue weighted by Gasteiger charge is -2.19. The predicted molar refractivity (Wildman–Crippen MR) is 86.2 cm³/mol. The van der Waals surface area contributed by atoms with Crippen molar-refractivity contribution in [2.45, 2.75) is 47.1 Å². The van der Waals surface area contributed by atoms with Crippen LogP contribution >= 0.6 is 0 Å². The second kappa shape index (κ2) is 7.07. The zero-order chi connectivity index (χ0) is 14.5. The third-order valence-electron chi connectivity index (χ3n) is 4.35. The molecular formula is C17H29N3. The molecule has 1 N–H and O–H groups in total. The van der Waals surface area contributed by atoms with Gasteiger partial charge in [0.1, 0.15) is 5.82 Å². The van der Waals surface area contributed by atoms with Crippen LogP contribution < -0.4 is 10.2 Å². The van der Waals surface area contributed by atoms with Crippen molar-refractivity contribution in [3.05, 3.63) is 23.4 Å². The fourth-order valence-electron chi connectivity index (χ4n) is 2.80. The average Bonchev–Trinajstić information content (AvgIpc) is 2.79. The van der Waals surface area contributed by atoms with E-state index in [-0.39, 0.29) is 0 Å². The number of pyridine rings is 1. The van der Waals surface area contributed by atoms with Crippen LogP contribution in [0, 0.1) is 11.8 Å². The summed E-state index contributed by atoms with van der Waals surface area (Å²) in [6, 6.07) is 4.52. The highest BCUT2D eigenvalue weighted by Gasteiger charge is 2.27. The zero-order valence-electron chi connectivity index (χ0n) is 13.4. The van der Waals surface area contributed by atoms with Crippen molar-refractivity contribution >= 4 is 5.82 Å². The molecule has 1 aromatic rings. The summed E-state index contributed by atoms with van der Waals surface area (Å²) in [6.45, 7) is 13.4. The molecule has 1 aliphatic rings. The van der Waals surface area contributed by atoms with Gasteiger partial charge in [0.2, 0.25) is 0 Å². The Morgan fingerprint density at radius 2 is 1.90 bits per heavy atom. The quantitative estimate of drug-likeness (QED) is 0.808. The van der Waals surface area contributed by atoms with E-state index in [4.69, 9.17) is 4.98 Å². The molecular weight excluding hydrogens is 246 g/mol. The van der Waals surface area contributed by atoms with Crippen molar-refractivity contribution < 1.29 is 0 Å². The van der Waals surface area contributed by atoms with Crippen LogP contribution in [0.25, 0.3) is 0 Å². The van der Waals surface area contributed by atoms with Crippen LogP contribution in [0.2, 0.25) is 0 Å². The highest BCUT2D eigenvalue weighted by molar-refractivity contribution is 5.44. The van der Waals surface area contributed by atoms with Gasteiger partial charge in [0, 0.05) is 25.3 Å². The van der Waals surface area contributed by atoms with Crippen molar-refractivity contribution in [3.63, 3.8) is 0 Å². The SMILES string of the molecule is CCCNCc1cc(CC)nc(N2CC(C)C(C)C2)c1. The first-order valence-corrected chi connectivity index (χ1v) is 8.09. The van der Waals surface area contributed by atoms with Gasteiger partial charge in [0.25, 0.3) is 0 Å². The topological polar surface area (TPSA) is 28.2 Å². The zero-order valence-corrected chi connectivity index (χ0v) is 13.4. The van der Waals surface area contributed by atoms with Gasteiger partial charge < -0.3 is 10.2 Å². The summed E-state index contributed by atoms with van der Waals surface area (Å²) >= 11 is 0. The number of hydrogen-bond acceptors (Lipinski definition) is 3. The van der Waals surface area contributed by atoms with E-state index < -0.39 is 0 Å². The Balaban J connectivity index is 2.13. The number of hydrogen-bond donors (Lipinski definition) is 1. The van der Waals surface area contributed by atoms with Crippen LogP contribution in [0.15, 0.2) is 12.1 Å². The third-order valence-corrected chi connectivity index (χ3v) is 4.35. The Hall–Kier alpha value is -1.09. The number of aryl methyl sites for hydroxylation is 1. The maximum atomic E-state index is 4.83. The smallest absolute Gasteiger partial charge is 0.129 e. The molecule has 0 amide bonds. The molecule has 2 rings (SSSR count). The van der Waals surface area contributed by atoms with Gasteiger partial charge in [0.05, 0.1) is 0 Å². The van der Waals surface area contributed by atoms with Crippen LogP contribution in [0.1, 0.15) is 45.4 Å². The Morgan fingerprint density at radius 1 is 1.20 bits per heavy atom. The van der Waals surface area contributed by atoms with Gasteiger partial charge in [0.15, 0.2) is 0 Å². The Bertz CT molecular complexity index is 420. The van der Waals surface area contributed by atoms with Crippen LogP contribution in [0.4, 0.5) is 5.82 Å². The second-order valence-electron chi connectivity index (χ2n) is 6.21.